The summed E-state index contributed by atoms with van der Waals surface area (Å²) in [6.45, 7) is 3.96. The molecule has 0 bridgehead atoms. The molecule has 0 radical (unpaired) electrons. The van der Waals surface area contributed by atoms with E-state index in [1.165, 1.54) is 11.1 Å². The number of aryl methyl sites for hydroxylation is 2. The molecule has 0 saturated heterocycles. The standard InChI is InChI=1S/C22H24N2O4/c1-3-15-5-8-18(9-6-15)27-14-22(26)24-23-21(25)12-17-13-28-20-11-16(4-2)7-10-19(17)20/h5-11,13H,3-4,12,14H2,1-2H3,(H,23,25)(H,24,26). The Bertz CT molecular complexity index is 960. The van der Waals surface area contributed by atoms with Crippen LogP contribution in [0, 0.1) is 0 Å². The van der Waals surface area contributed by atoms with Gasteiger partial charge in [0.1, 0.15) is 11.3 Å². The first-order valence-corrected chi connectivity index (χ1v) is 9.37. The molecule has 0 unspecified atom stereocenters. The number of amides is 2. The molecule has 146 valence electrons. The Balaban J connectivity index is 1.46. The Morgan fingerprint density at radius 3 is 2.32 bits per heavy atom. The van der Waals surface area contributed by atoms with Gasteiger partial charge < -0.3 is 9.15 Å². The van der Waals surface area contributed by atoms with E-state index in [1.807, 2.05) is 42.5 Å². The van der Waals surface area contributed by atoms with Gasteiger partial charge in [0, 0.05) is 10.9 Å². The second kappa shape index (κ2) is 9.08. The lowest BCUT2D eigenvalue weighted by atomic mass is 10.1. The zero-order valence-corrected chi connectivity index (χ0v) is 16.1. The van der Waals surface area contributed by atoms with E-state index < -0.39 is 5.91 Å². The van der Waals surface area contributed by atoms with Crippen LogP contribution >= 0.6 is 0 Å². The van der Waals surface area contributed by atoms with E-state index in [0.29, 0.717) is 5.75 Å². The van der Waals surface area contributed by atoms with Crippen molar-refractivity contribution in [1.29, 1.82) is 0 Å². The predicted octanol–water partition coefficient (Wildman–Crippen LogP) is 3.33. The summed E-state index contributed by atoms with van der Waals surface area (Å²) in [5.41, 5.74) is 8.67. The van der Waals surface area contributed by atoms with Gasteiger partial charge in [-0.05, 0) is 42.2 Å². The fraction of sp³-hybridized carbons (Fsp3) is 0.273. The molecule has 1 heterocycles. The molecule has 0 fully saturated rings. The predicted molar refractivity (Wildman–Crippen MR) is 107 cm³/mol. The van der Waals surface area contributed by atoms with Crippen LogP contribution in [0.3, 0.4) is 0 Å². The van der Waals surface area contributed by atoms with Gasteiger partial charge in [-0.2, -0.15) is 0 Å². The topological polar surface area (TPSA) is 80.6 Å². The Kier molecular flexibility index (Phi) is 6.32. The van der Waals surface area contributed by atoms with Gasteiger partial charge in [0.15, 0.2) is 6.61 Å². The highest BCUT2D eigenvalue weighted by Crippen LogP contribution is 2.23. The van der Waals surface area contributed by atoms with Gasteiger partial charge >= 0.3 is 0 Å². The van der Waals surface area contributed by atoms with Gasteiger partial charge in [0.05, 0.1) is 12.7 Å². The first kappa shape index (κ1) is 19.5. The van der Waals surface area contributed by atoms with Gasteiger partial charge in [-0.3, -0.25) is 20.4 Å². The van der Waals surface area contributed by atoms with E-state index in [9.17, 15) is 9.59 Å². The largest absolute Gasteiger partial charge is 0.484 e. The maximum atomic E-state index is 12.1. The smallest absolute Gasteiger partial charge is 0.276 e. The highest BCUT2D eigenvalue weighted by molar-refractivity contribution is 5.89. The molecule has 0 aliphatic carbocycles. The van der Waals surface area contributed by atoms with E-state index in [4.69, 9.17) is 9.15 Å². The average Bonchev–Trinajstić information content (AvgIpc) is 3.12. The van der Waals surface area contributed by atoms with Crippen LogP contribution in [-0.4, -0.2) is 18.4 Å². The molecule has 0 aliphatic rings. The summed E-state index contributed by atoms with van der Waals surface area (Å²) < 4.78 is 10.9. The number of rotatable bonds is 7. The molecule has 1 aromatic heterocycles. The summed E-state index contributed by atoms with van der Waals surface area (Å²) in [5.74, 6) is -0.157. The van der Waals surface area contributed by atoms with Gasteiger partial charge in [-0.25, -0.2) is 0 Å². The molecule has 2 amide bonds. The lowest BCUT2D eigenvalue weighted by molar-refractivity contribution is -0.129. The molecule has 2 aromatic carbocycles. The Morgan fingerprint density at radius 1 is 0.929 bits per heavy atom. The number of fused-ring (bicyclic) bond motifs is 1. The summed E-state index contributed by atoms with van der Waals surface area (Å²) in [6, 6.07) is 13.5. The van der Waals surface area contributed by atoms with Crippen LogP contribution in [0.4, 0.5) is 0 Å². The summed E-state index contributed by atoms with van der Waals surface area (Å²) >= 11 is 0. The van der Waals surface area contributed by atoms with Crippen molar-refractivity contribution in [2.45, 2.75) is 33.1 Å². The number of hydrogen-bond acceptors (Lipinski definition) is 4. The Labute approximate surface area is 163 Å². The molecule has 28 heavy (non-hydrogen) atoms. The normalized spacial score (nSPS) is 10.6. The monoisotopic (exact) mass is 380 g/mol. The molecule has 0 aliphatic heterocycles. The van der Waals surface area contributed by atoms with E-state index in [2.05, 4.69) is 24.7 Å². The lowest BCUT2D eigenvalue weighted by Gasteiger charge is -2.09. The molecule has 0 spiro atoms. The molecule has 6 heteroatoms. The number of hydrogen-bond donors (Lipinski definition) is 2. The van der Waals surface area contributed by atoms with Crippen LogP contribution in [-0.2, 0) is 28.9 Å². The molecule has 3 aromatic rings. The molecule has 2 N–H and O–H groups in total. The highest BCUT2D eigenvalue weighted by Gasteiger charge is 2.12. The van der Waals surface area contributed by atoms with Crippen molar-refractivity contribution >= 4 is 22.8 Å². The SMILES string of the molecule is CCc1ccc(OCC(=O)NNC(=O)Cc2coc3cc(CC)ccc23)cc1. The highest BCUT2D eigenvalue weighted by atomic mass is 16.5. The summed E-state index contributed by atoms with van der Waals surface area (Å²) in [5, 5.41) is 0.900. The van der Waals surface area contributed by atoms with Crippen LogP contribution in [0.2, 0.25) is 0 Å². The van der Waals surface area contributed by atoms with Crippen LogP contribution in [0.1, 0.15) is 30.5 Å². The average molecular weight is 380 g/mol. The number of carbonyl (C=O) groups excluding carboxylic acids is 2. The second-order valence-electron chi connectivity index (χ2n) is 6.50. The van der Waals surface area contributed by atoms with Crippen molar-refractivity contribution in [2.75, 3.05) is 6.61 Å². The summed E-state index contributed by atoms with van der Waals surface area (Å²) in [6.07, 6.45) is 3.55. The van der Waals surface area contributed by atoms with Gasteiger partial charge in [0.2, 0.25) is 5.91 Å². The maximum Gasteiger partial charge on any atom is 0.276 e. The molecule has 6 nitrogen and oxygen atoms in total. The third kappa shape index (κ3) is 4.91. The van der Waals surface area contributed by atoms with E-state index in [0.717, 1.165) is 29.4 Å². The van der Waals surface area contributed by atoms with Crippen molar-refractivity contribution in [1.82, 2.24) is 10.9 Å². The quantitative estimate of drug-likeness (QED) is 0.616. The number of hydrazine groups is 1. The van der Waals surface area contributed by atoms with Crippen LogP contribution in [0.5, 0.6) is 5.75 Å². The first-order chi connectivity index (χ1) is 13.6. The Hall–Kier alpha value is -3.28. The number of furan rings is 1. The van der Waals surface area contributed by atoms with Crippen molar-refractivity contribution < 1.29 is 18.7 Å². The van der Waals surface area contributed by atoms with Crippen LogP contribution in [0.15, 0.2) is 53.1 Å². The zero-order chi connectivity index (χ0) is 19.9. The molecule has 3 rings (SSSR count). The minimum Gasteiger partial charge on any atom is -0.484 e. The van der Waals surface area contributed by atoms with Gasteiger partial charge in [-0.15, -0.1) is 0 Å². The fourth-order valence-electron chi connectivity index (χ4n) is 2.85. The van der Waals surface area contributed by atoms with E-state index in [1.54, 1.807) is 6.26 Å². The lowest BCUT2D eigenvalue weighted by Crippen LogP contribution is -2.44. The fourth-order valence-corrected chi connectivity index (χ4v) is 2.85. The molecule has 0 saturated carbocycles. The number of carbonyl (C=O) groups is 2. The summed E-state index contributed by atoms with van der Waals surface area (Å²) in [7, 11) is 0. The third-order valence-electron chi connectivity index (χ3n) is 4.52. The number of nitrogens with one attached hydrogen (secondary N) is 2. The molecule has 0 atom stereocenters. The molecular formula is C22H24N2O4. The minimum absolute atomic E-state index is 0.109. The maximum absolute atomic E-state index is 12.1. The van der Waals surface area contributed by atoms with E-state index in [-0.39, 0.29) is 18.9 Å². The van der Waals surface area contributed by atoms with Crippen molar-refractivity contribution in [3.63, 3.8) is 0 Å². The first-order valence-electron chi connectivity index (χ1n) is 9.37. The molecular weight excluding hydrogens is 356 g/mol. The number of benzene rings is 2. The van der Waals surface area contributed by atoms with Crippen LogP contribution in [0.25, 0.3) is 11.0 Å². The van der Waals surface area contributed by atoms with Crippen molar-refractivity contribution in [3.05, 3.63) is 65.4 Å². The second-order valence-corrected chi connectivity index (χ2v) is 6.50. The van der Waals surface area contributed by atoms with E-state index >= 15 is 0 Å². The van der Waals surface area contributed by atoms with Crippen molar-refractivity contribution in [2.24, 2.45) is 0 Å². The van der Waals surface area contributed by atoms with Crippen molar-refractivity contribution in [3.8, 4) is 5.75 Å². The third-order valence-corrected chi connectivity index (χ3v) is 4.52. The van der Waals surface area contributed by atoms with Crippen LogP contribution < -0.4 is 15.6 Å². The van der Waals surface area contributed by atoms with Gasteiger partial charge in [-0.1, -0.05) is 38.1 Å². The Morgan fingerprint density at radius 2 is 1.61 bits per heavy atom. The number of ether oxygens (including phenoxy) is 1. The zero-order valence-electron chi connectivity index (χ0n) is 16.1. The minimum atomic E-state index is -0.433. The van der Waals surface area contributed by atoms with Gasteiger partial charge in [0.25, 0.3) is 5.91 Å². The summed E-state index contributed by atoms with van der Waals surface area (Å²) in [4.78, 5) is 24.0.